The van der Waals surface area contributed by atoms with Gasteiger partial charge in [0.25, 0.3) is 0 Å². The molecule has 0 rings (SSSR count). The van der Waals surface area contributed by atoms with Crippen molar-refractivity contribution >= 4 is 6.09 Å². The van der Waals surface area contributed by atoms with E-state index < -0.39 is 12.1 Å². The Labute approximate surface area is 94.9 Å². The highest BCUT2D eigenvalue weighted by Gasteiger charge is 2.21. The van der Waals surface area contributed by atoms with E-state index in [-0.39, 0.29) is 18.3 Å². The summed E-state index contributed by atoms with van der Waals surface area (Å²) in [7, 11) is 0. The number of aliphatic hydroxyl groups is 1. The molecule has 0 spiro atoms. The third-order valence-corrected chi connectivity index (χ3v) is 1.82. The van der Waals surface area contributed by atoms with Crippen molar-refractivity contribution in [3.63, 3.8) is 0 Å². The predicted octanol–water partition coefficient (Wildman–Crippen LogP) is 2.40. The highest BCUT2D eigenvalue weighted by atomic mass is 16.5. The van der Waals surface area contributed by atoms with Crippen LogP contribution in [-0.4, -0.2) is 23.8 Å². The Morgan fingerprint density at radius 1 is 1.62 bits per heavy atom. The molecule has 0 heterocycles. The van der Waals surface area contributed by atoms with Crippen LogP contribution in [0, 0.1) is 11.3 Å². The van der Waals surface area contributed by atoms with E-state index in [4.69, 9.17) is 10.1 Å². The summed E-state index contributed by atoms with van der Waals surface area (Å²) in [5.41, 5.74) is 0. The number of alkyl carbamates (subject to hydrolysis) is 1. The molecule has 0 aliphatic heterocycles. The van der Waals surface area contributed by atoms with Gasteiger partial charge < -0.3 is 15.2 Å². The number of ether oxygens (including phenoxy) is 1. The zero-order valence-electron chi connectivity index (χ0n) is 9.80. The van der Waals surface area contributed by atoms with E-state index in [9.17, 15) is 9.90 Å². The molecule has 0 saturated heterocycles. The molecule has 1 atom stereocenters. The molecular formula is C10H18N3O3+. The number of carbonyl (C=O) groups excluding carboxylic acids is 1. The van der Waals surface area contributed by atoms with Gasteiger partial charge in [-0.05, 0) is 19.3 Å². The fourth-order valence-corrected chi connectivity index (χ4v) is 1.19. The topological polar surface area (TPSA) is 86.7 Å². The summed E-state index contributed by atoms with van der Waals surface area (Å²) in [4.78, 5) is 13.9. The number of nitrogens with one attached hydrogen (secondary N) is 1. The largest absolute Gasteiger partial charge is 0.504 e. The van der Waals surface area contributed by atoms with Crippen molar-refractivity contribution in [2.75, 3.05) is 6.61 Å². The van der Waals surface area contributed by atoms with Gasteiger partial charge in [-0.2, -0.15) is 0 Å². The van der Waals surface area contributed by atoms with Gasteiger partial charge in [-0.15, -0.1) is 0 Å². The Bertz CT molecular complexity index is 294. The van der Waals surface area contributed by atoms with Crippen LogP contribution in [0.3, 0.4) is 0 Å². The summed E-state index contributed by atoms with van der Waals surface area (Å²) in [6.45, 7) is 5.84. The zero-order valence-corrected chi connectivity index (χ0v) is 9.80. The molecular weight excluding hydrogens is 210 g/mol. The van der Waals surface area contributed by atoms with Crippen molar-refractivity contribution in [3.8, 4) is 0 Å². The lowest BCUT2D eigenvalue weighted by molar-refractivity contribution is 0.145. The highest BCUT2D eigenvalue weighted by molar-refractivity contribution is 5.68. The molecule has 2 N–H and O–H groups in total. The number of aliphatic hydroxyl groups excluding tert-OH is 1. The van der Waals surface area contributed by atoms with Crippen LogP contribution in [0.4, 0.5) is 4.79 Å². The Balaban J connectivity index is 4.50. The lowest BCUT2D eigenvalue weighted by Gasteiger charge is -2.17. The Morgan fingerprint density at radius 2 is 2.25 bits per heavy atom. The van der Waals surface area contributed by atoms with Crippen molar-refractivity contribution in [1.82, 2.24) is 5.32 Å². The summed E-state index contributed by atoms with van der Waals surface area (Å²) >= 11 is 0. The lowest BCUT2D eigenvalue weighted by Crippen LogP contribution is -2.37. The van der Waals surface area contributed by atoms with Gasteiger partial charge >= 0.3 is 12.3 Å². The fourth-order valence-electron chi connectivity index (χ4n) is 1.19. The zero-order chi connectivity index (χ0) is 12.6. The minimum atomic E-state index is -0.606. The third kappa shape index (κ3) is 5.86. The molecule has 0 unspecified atom stereocenters. The summed E-state index contributed by atoms with van der Waals surface area (Å²) in [5, 5.41) is 20.3. The molecule has 1 amide bonds. The molecule has 0 bridgehead atoms. The van der Waals surface area contributed by atoms with E-state index >= 15 is 0 Å². The van der Waals surface area contributed by atoms with Gasteiger partial charge in [0.1, 0.15) is 0 Å². The smallest absolute Gasteiger partial charge is 0.407 e. The first-order chi connectivity index (χ1) is 7.51. The van der Waals surface area contributed by atoms with Crippen LogP contribution in [0.5, 0.6) is 0 Å². The normalized spacial score (nSPS) is 13.1. The first kappa shape index (κ1) is 14.2. The van der Waals surface area contributed by atoms with Crippen molar-refractivity contribution in [2.45, 2.75) is 33.2 Å². The van der Waals surface area contributed by atoms with E-state index in [0.29, 0.717) is 6.42 Å². The molecule has 16 heavy (non-hydrogen) atoms. The number of hydrogen-bond donors (Lipinski definition) is 2. The summed E-state index contributed by atoms with van der Waals surface area (Å²) in [5.74, 6) is 0.0606. The molecule has 6 nitrogen and oxygen atoms in total. The maximum atomic E-state index is 11.2. The van der Waals surface area contributed by atoms with Crippen molar-refractivity contribution in [3.05, 3.63) is 16.9 Å². The Morgan fingerprint density at radius 3 is 2.69 bits per heavy atom. The van der Waals surface area contributed by atoms with E-state index in [1.54, 1.807) is 6.92 Å². The van der Waals surface area contributed by atoms with Gasteiger partial charge in [-0.25, -0.2) is 4.79 Å². The van der Waals surface area contributed by atoms with Crippen LogP contribution in [-0.2, 0) is 4.74 Å². The second-order valence-electron chi connectivity index (χ2n) is 3.72. The molecule has 0 fully saturated rings. The minimum Gasteiger partial charge on any atom is -0.504 e. The average molecular weight is 228 g/mol. The van der Waals surface area contributed by atoms with Gasteiger partial charge in [-0.3, -0.25) is 0 Å². The van der Waals surface area contributed by atoms with Crippen molar-refractivity contribution < 1.29 is 14.6 Å². The van der Waals surface area contributed by atoms with Gasteiger partial charge in [-0.1, -0.05) is 13.8 Å². The summed E-state index contributed by atoms with van der Waals surface area (Å²) < 4.78 is 4.70. The van der Waals surface area contributed by atoms with Gasteiger partial charge in [0.15, 0.2) is 4.98 Å². The van der Waals surface area contributed by atoms with Crippen LogP contribution in [0.1, 0.15) is 27.2 Å². The van der Waals surface area contributed by atoms with Gasteiger partial charge in [0.2, 0.25) is 11.2 Å². The lowest BCUT2D eigenvalue weighted by atomic mass is 10.0. The Kier molecular flexibility index (Phi) is 6.68. The second kappa shape index (κ2) is 7.51. The van der Waals surface area contributed by atoms with E-state index in [2.05, 4.69) is 10.3 Å². The van der Waals surface area contributed by atoms with Crippen LogP contribution in [0.2, 0.25) is 0 Å². The van der Waals surface area contributed by atoms with Crippen LogP contribution in [0.25, 0.3) is 4.98 Å². The van der Waals surface area contributed by atoms with Crippen molar-refractivity contribution in [2.24, 2.45) is 5.92 Å². The number of diazo groups is 1. The van der Waals surface area contributed by atoms with Crippen molar-refractivity contribution in [1.29, 1.82) is 5.39 Å². The number of carbonyl (C=O) groups is 1. The molecule has 0 aromatic carbocycles. The van der Waals surface area contributed by atoms with E-state index in [1.807, 2.05) is 13.8 Å². The maximum absolute atomic E-state index is 11.2. The molecule has 0 aromatic rings. The third-order valence-electron chi connectivity index (χ3n) is 1.82. The number of amides is 1. The predicted molar refractivity (Wildman–Crippen MR) is 59.2 cm³/mol. The molecule has 0 aliphatic rings. The quantitative estimate of drug-likeness (QED) is 0.558. The average Bonchev–Trinajstić information content (AvgIpc) is 2.16. The first-order valence-electron chi connectivity index (χ1n) is 5.17. The van der Waals surface area contributed by atoms with Crippen LogP contribution in [0.15, 0.2) is 12.0 Å². The number of nitrogens with zero attached hydrogens (tertiary/aromatic N) is 2. The molecule has 0 saturated carbocycles. The maximum Gasteiger partial charge on any atom is 0.407 e. The standard InChI is InChI=1S/C10H17N3O3/c1-4-16-10(15)13-8(5-7(2)3)9(14)6-12-11/h6-8H,4-5H2,1-3H3,(H-,13,14,15)/p+1/b9-6-/t8-/m0/s1. The van der Waals surface area contributed by atoms with E-state index in [1.165, 1.54) is 0 Å². The summed E-state index contributed by atoms with van der Waals surface area (Å²) in [6, 6.07) is -0.602. The minimum absolute atomic E-state index is 0.204. The van der Waals surface area contributed by atoms with Gasteiger partial charge in [0, 0.05) is 0 Å². The molecule has 0 aliphatic carbocycles. The fraction of sp³-hybridized carbons (Fsp3) is 0.700. The number of hydrogen-bond acceptors (Lipinski definition) is 4. The van der Waals surface area contributed by atoms with Gasteiger partial charge in [0.05, 0.1) is 12.6 Å². The first-order valence-corrected chi connectivity index (χ1v) is 5.17. The van der Waals surface area contributed by atoms with E-state index in [0.717, 1.165) is 6.20 Å². The second-order valence-corrected chi connectivity index (χ2v) is 3.72. The molecule has 6 heteroatoms. The summed E-state index contributed by atoms with van der Waals surface area (Å²) in [6.07, 6.45) is 0.807. The monoisotopic (exact) mass is 228 g/mol. The Hall–Kier alpha value is -1.77. The SMILES string of the molecule is CCOC(=O)N[C@@H](CC(C)C)/C(O)=C/[N+]#N. The molecule has 0 aromatic heterocycles. The van der Waals surface area contributed by atoms with Crippen LogP contribution < -0.4 is 5.32 Å². The number of rotatable bonds is 5. The highest BCUT2D eigenvalue weighted by Crippen LogP contribution is 2.11. The van der Waals surface area contributed by atoms with Crippen LogP contribution >= 0.6 is 0 Å². The molecule has 90 valence electrons. The molecule has 0 radical (unpaired) electrons.